The van der Waals surface area contributed by atoms with E-state index in [1.165, 1.54) is 0 Å². The van der Waals surface area contributed by atoms with E-state index in [4.69, 9.17) is 11.6 Å². The Labute approximate surface area is 190 Å². The molecule has 2 aromatic carbocycles. The topological polar surface area (TPSA) is 82.1 Å². The molecule has 1 atom stereocenters. The van der Waals surface area contributed by atoms with Crippen molar-refractivity contribution in [3.63, 3.8) is 0 Å². The van der Waals surface area contributed by atoms with E-state index >= 15 is 0 Å². The first kappa shape index (κ1) is 20.3. The van der Waals surface area contributed by atoms with Crippen LogP contribution in [0.1, 0.15) is 44.3 Å². The molecule has 0 bridgehead atoms. The molecule has 0 saturated heterocycles. The number of phenols is 1. The maximum Gasteiger partial charge on any atom is 0.273 e. The minimum atomic E-state index is -0.412. The first-order valence-electron chi connectivity index (χ1n) is 10.3. The number of aromatic nitrogens is 3. The van der Waals surface area contributed by atoms with Gasteiger partial charge in [-0.15, -0.1) is 0 Å². The van der Waals surface area contributed by atoms with Gasteiger partial charge in [0.25, 0.3) is 5.91 Å². The summed E-state index contributed by atoms with van der Waals surface area (Å²) in [5, 5.41) is 18.8. The predicted molar refractivity (Wildman–Crippen MR) is 123 cm³/mol. The van der Waals surface area contributed by atoms with Gasteiger partial charge in [-0.3, -0.25) is 14.9 Å². The van der Waals surface area contributed by atoms with Crippen LogP contribution >= 0.6 is 11.6 Å². The van der Waals surface area contributed by atoms with Crippen molar-refractivity contribution in [3.05, 3.63) is 99.5 Å². The van der Waals surface area contributed by atoms with Crippen molar-refractivity contribution >= 4 is 17.5 Å². The molecule has 160 valence electrons. The highest BCUT2D eigenvalue weighted by Crippen LogP contribution is 2.46. The van der Waals surface area contributed by atoms with Gasteiger partial charge in [0.1, 0.15) is 17.1 Å². The summed E-state index contributed by atoms with van der Waals surface area (Å²) < 4.78 is 0. The molecule has 0 unspecified atom stereocenters. The zero-order valence-corrected chi connectivity index (χ0v) is 18.4. The summed E-state index contributed by atoms with van der Waals surface area (Å²) in [6.07, 6.45) is 3.46. The lowest BCUT2D eigenvalue weighted by molar-refractivity contribution is 0.0730. The molecule has 7 heteroatoms. The highest BCUT2D eigenvalue weighted by molar-refractivity contribution is 6.30. The summed E-state index contributed by atoms with van der Waals surface area (Å²) in [6.45, 7) is 4.20. The Morgan fingerprint density at radius 3 is 2.75 bits per heavy atom. The Morgan fingerprint density at radius 1 is 1.16 bits per heavy atom. The van der Waals surface area contributed by atoms with Gasteiger partial charge in [-0.25, -0.2) is 0 Å². The number of benzene rings is 2. The van der Waals surface area contributed by atoms with Crippen LogP contribution < -0.4 is 0 Å². The fraction of sp³-hybridized carbons (Fsp3) is 0.160. The van der Waals surface area contributed by atoms with Crippen molar-refractivity contribution in [2.75, 3.05) is 0 Å². The molecule has 32 heavy (non-hydrogen) atoms. The van der Waals surface area contributed by atoms with E-state index < -0.39 is 6.04 Å². The maximum absolute atomic E-state index is 13.5. The number of halogens is 1. The summed E-state index contributed by atoms with van der Waals surface area (Å²) >= 11 is 6.32. The molecule has 2 aromatic heterocycles. The van der Waals surface area contributed by atoms with Gasteiger partial charge in [-0.2, -0.15) is 5.10 Å². The number of fused-ring (bicyclic) bond motifs is 1. The molecule has 0 fully saturated rings. The lowest BCUT2D eigenvalue weighted by Crippen LogP contribution is -2.29. The number of aromatic hydroxyl groups is 1. The van der Waals surface area contributed by atoms with Crippen LogP contribution in [0.3, 0.4) is 0 Å². The fourth-order valence-electron chi connectivity index (χ4n) is 4.42. The van der Waals surface area contributed by atoms with E-state index in [0.717, 1.165) is 27.8 Å². The molecule has 1 aliphatic heterocycles. The molecule has 2 N–H and O–H groups in total. The van der Waals surface area contributed by atoms with Gasteiger partial charge in [0.05, 0.1) is 6.04 Å². The number of H-pyrrole nitrogens is 1. The second-order valence-corrected chi connectivity index (χ2v) is 8.53. The predicted octanol–water partition coefficient (Wildman–Crippen LogP) is 5.19. The van der Waals surface area contributed by atoms with Gasteiger partial charge in [0, 0.05) is 35.1 Å². The Bertz CT molecular complexity index is 1330. The molecule has 4 aromatic rings. The Kier molecular flexibility index (Phi) is 4.94. The minimum absolute atomic E-state index is 0.156. The monoisotopic (exact) mass is 444 g/mol. The van der Waals surface area contributed by atoms with Gasteiger partial charge in [-0.05, 0) is 60.4 Å². The zero-order valence-electron chi connectivity index (χ0n) is 17.6. The summed E-state index contributed by atoms with van der Waals surface area (Å²) in [5.74, 6) is 0.00402. The standard InChI is InChI=1S/C25H21ClN4O2/c1-14-9-15(2)24(31)19(10-14)21-20-22(29-28-21)25(32)30(13-16-5-4-8-27-12-16)23(20)17-6-3-7-18(26)11-17/h3-12,23,31H,13H2,1-2H3,(H,28,29)/t23-/m0/s1. The number of carbonyl (C=O) groups excluding carboxylic acids is 1. The number of phenolic OH excluding ortho intramolecular Hbond substituents is 1. The number of amides is 1. The van der Waals surface area contributed by atoms with E-state index in [9.17, 15) is 9.90 Å². The van der Waals surface area contributed by atoms with Crippen molar-refractivity contribution in [2.24, 2.45) is 0 Å². The van der Waals surface area contributed by atoms with Crippen LogP contribution in [-0.4, -0.2) is 31.1 Å². The highest BCUT2D eigenvalue weighted by atomic mass is 35.5. The fourth-order valence-corrected chi connectivity index (χ4v) is 4.62. The van der Waals surface area contributed by atoms with Crippen molar-refractivity contribution in [2.45, 2.75) is 26.4 Å². The van der Waals surface area contributed by atoms with Gasteiger partial charge >= 0.3 is 0 Å². The van der Waals surface area contributed by atoms with E-state index in [1.54, 1.807) is 23.4 Å². The van der Waals surface area contributed by atoms with Gasteiger partial charge in [-0.1, -0.05) is 35.9 Å². The van der Waals surface area contributed by atoms with Crippen LogP contribution in [0.4, 0.5) is 0 Å². The lowest BCUT2D eigenvalue weighted by atomic mass is 9.94. The van der Waals surface area contributed by atoms with Crippen LogP contribution in [0.15, 0.2) is 60.9 Å². The first-order chi connectivity index (χ1) is 15.4. The average Bonchev–Trinajstić information content (AvgIpc) is 3.31. The molecule has 0 spiro atoms. The summed E-state index contributed by atoms with van der Waals surface area (Å²) in [5.41, 5.74) is 5.88. The van der Waals surface area contributed by atoms with Crippen molar-refractivity contribution in [3.8, 4) is 17.0 Å². The van der Waals surface area contributed by atoms with Gasteiger partial charge in [0.2, 0.25) is 0 Å². The maximum atomic E-state index is 13.5. The van der Waals surface area contributed by atoms with Gasteiger partial charge in [0.15, 0.2) is 0 Å². The number of pyridine rings is 1. The summed E-state index contributed by atoms with van der Waals surface area (Å²) in [4.78, 5) is 19.4. The molecule has 6 nitrogen and oxygen atoms in total. The van der Waals surface area contributed by atoms with E-state index in [0.29, 0.717) is 28.5 Å². The third kappa shape index (κ3) is 3.33. The second-order valence-electron chi connectivity index (χ2n) is 8.09. The van der Waals surface area contributed by atoms with Crippen LogP contribution in [0.2, 0.25) is 5.02 Å². The summed E-state index contributed by atoms with van der Waals surface area (Å²) in [6, 6.07) is 14.7. The number of carbonyl (C=O) groups is 1. The number of nitrogens with one attached hydrogen (secondary N) is 1. The number of hydrogen-bond acceptors (Lipinski definition) is 4. The molecule has 5 rings (SSSR count). The SMILES string of the molecule is Cc1cc(C)c(O)c(-c2n[nH]c3c2[C@H](c2cccc(Cl)c2)N(Cc2cccnc2)C3=O)c1. The van der Waals surface area contributed by atoms with Crippen LogP contribution in [0.25, 0.3) is 11.3 Å². The number of aryl methyl sites for hydroxylation is 2. The molecule has 0 aliphatic carbocycles. The lowest BCUT2D eigenvalue weighted by Gasteiger charge is -2.26. The van der Waals surface area contributed by atoms with Crippen molar-refractivity contribution < 1.29 is 9.90 Å². The van der Waals surface area contributed by atoms with E-state index in [2.05, 4.69) is 15.2 Å². The van der Waals surface area contributed by atoms with Crippen molar-refractivity contribution in [1.29, 1.82) is 0 Å². The Balaban J connectivity index is 1.70. The third-order valence-corrected chi connectivity index (χ3v) is 6.04. The average molecular weight is 445 g/mol. The number of aromatic amines is 1. The van der Waals surface area contributed by atoms with Crippen LogP contribution in [0, 0.1) is 13.8 Å². The molecular weight excluding hydrogens is 424 g/mol. The molecule has 1 amide bonds. The first-order valence-corrected chi connectivity index (χ1v) is 10.7. The zero-order chi connectivity index (χ0) is 22.4. The number of hydrogen-bond donors (Lipinski definition) is 2. The van der Waals surface area contributed by atoms with Crippen molar-refractivity contribution in [1.82, 2.24) is 20.1 Å². The quantitative estimate of drug-likeness (QED) is 0.453. The molecule has 3 heterocycles. The third-order valence-electron chi connectivity index (χ3n) is 5.80. The second kappa shape index (κ2) is 7.80. The van der Waals surface area contributed by atoms with Crippen LogP contribution in [0.5, 0.6) is 5.75 Å². The van der Waals surface area contributed by atoms with Gasteiger partial charge < -0.3 is 10.0 Å². The Morgan fingerprint density at radius 2 is 2.00 bits per heavy atom. The molecule has 1 aliphatic rings. The van der Waals surface area contributed by atoms with E-state index in [1.807, 2.05) is 56.3 Å². The van der Waals surface area contributed by atoms with E-state index in [-0.39, 0.29) is 11.7 Å². The normalized spacial score (nSPS) is 15.3. The van der Waals surface area contributed by atoms with Crippen LogP contribution in [-0.2, 0) is 6.54 Å². The minimum Gasteiger partial charge on any atom is -0.507 e. The molecular formula is C25H21ClN4O2. The Hall–Kier alpha value is -3.64. The largest absolute Gasteiger partial charge is 0.507 e. The molecule has 0 radical (unpaired) electrons. The smallest absolute Gasteiger partial charge is 0.273 e. The number of nitrogens with zero attached hydrogens (tertiary/aromatic N) is 3. The number of rotatable bonds is 4. The highest BCUT2D eigenvalue weighted by Gasteiger charge is 2.42. The molecule has 0 saturated carbocycles. The summed E-state index contributed by atoms with van der Waals surface area (Å²) in [7, 11) is 0.